The van der Waals surface area contributed by atoms with Crippen molar-refractivity contribution in [2.45, 2.75) is 84.8 Å². The van der Waals surface area contributed by atoms with Crippen LogP contribution in [0, 0.1) is 49.7 Å². The van der Waals surface area contributed by atoms with Crippen molar-refractivity contribution in [2.75, 3.05) is 0 Å². The summed E-state index contributed by atoms with van der Waals surface area (Å²) in [5.74, 6) is 0.105. The minimum absolute atomic E-state index is 0.252. The van der Waals surface area contributed by atoms with Crippen molar-refractivity contribution in [3.63, 3.8) is 0 Å². The molecule has 0 saturated carbocycles. The fraction of sp³-hybridized carbons (Fsp3) is 0.271. The van der Waals surface area contributed by atoms with Crippen molar-refractivity contribution < 1.29 is 27.8 Å². The number of rotatable bonds is 14. The van der Waals surface area contributed by atoms with Gasteiger partial charge in [0.2, 0.25) is 41.3 Å². The third-order valence-corrected chi connectivity index (χ3v) is 11.2. The second-order valence-corrected chi connectivity index (χ2v) is 15.4. The largest absolute Gasteiger partial charge is 0.462 e. The molecule has 2 aromatic heterocycles. The highest BCUT2D eigenvalue weighted by Gasteiger charge is 2.30. The summed E-state index contributed by atoms with van der Waals surface area (Å²) >= 11 is 17.3. The third kappa shape index (κ3) is 14.3. The van der Waals surface area contributed by atoms with Crippen LogP contribution in [0.25, 0.3) is 32.6 Å². The molecular weight excluding hydrogens is 919 g/mol. The molecule has 4 aromatic carbocycles. The molecule has 2 heterocycles. The van der Waals surface area contributed by atoms with Gasteiger partial charge in [0.15, 0.2) is 0 Å². The maximum absolute atomic E-state index is 11.9. The van der Waals surface area contributed by atoms with Crippen LogP contribution in [0.2, 0.25) is 10.0 Å². The maximum Gasteiger partial charge on any atom is 0.305 e. The molecule has 1 N–H and O–H groups in total. The quantitative estimate of drug-likeness (QED) is 0.0355. The summed E-state index contributed by atoms with van der Waals surface area (Å²) in [4.78, 5) is 18.8. The van der Waals surface area contributed by atoms with E-state index < -0.39 is 24.0 Å². The van der Waals surface area contributed by atoms with Gasteiger partial charge < -0.3 is 23.0 Å². The summed E-state index contributed by atoms with van der Waals surface area (Å²) in [7, 11) is 0. The molecule has 0 saturated heterocycles. The summed E-state index contributed by atoms with van der Waals surface area (Å²) in [6.45, 7) is 25.0. The number of nitrogens with zero attached hydrogens (tertiary/aromatic N) is 10. The van der Waals surface area contributed by atoms with Crippen molar-refractivity contribution in [2.24, 2.45) is 10.2 Å². The fourth-order valence-corrected chi connectivity index (χ4v) is 6.78. The average Bonchev–Trinajstić information content (AvgIpc) is 4.04. The number of aliphatic hydroxyl groups is 1. The normalized spacial score (nSPS) is 12.4. The van der Waals surface area contributed by atoms with Crippen molar-refractivity contribution >= 4 is 65.0 Å². The van der Waals surface area contributed by atoms with E-state index in [0.717, 1.165) is 28.7 Å². The number of carbonyl (C=O) groups excluding carboxylic acids is 1. The Labute approximate surface area is 402 Å². The van der Waals surface area contributed by atoms with Gasteiger partial charge >= 0.3 is 5.97 Å². The van der Waals surface area contributed by atoms with Crippen molar-refractivity contribution in [1.82, 2.24) is 20.4 Å². The van der Waals surface area contributed by atoms with E-state index in [0.29, 0.717) is 80.1 Å². The van der Waals surface area contributed by atoms with Crippen LogP contribution in [0.1, 0.15) is 91.1 Å². The average molecular weight is 962 g/mol. The summed E-state index contributed by atoms with van der Waals surface area (Å²) in [5.41, 5.74) is 6.61. The van der Waals surface area contributed by atoms with Crippen LogP contribution in [0.5, 0.6) is 0 Å². The van der Waals surface area contributed by atoms with E-state index in [9.17, 15) is 9.90 Å². The van der Waals surface area contributed by atoms with Crippen LogP contribution >= 0.6 is 35.1 Å². The van der Waals surface area contributed by atoms with Gasteiger partial charge in [-0.15, -0.1) is 25.5 Å². The number of benzene rings is 4. The lowest BCUT2D eigenvalue weighted by Gasteiger charge is -2.22. The summed E-state index contributed by atoms with van der Waals surface area (Å²) < 4.78 is 21.2. The molecule has 342 valence electrons. The number of hydrogen-bond acceptors (Lipinski definition) is 14. The highest BCUT2D eigenvalue weighted by atomic mass is 35.5. The van der Waals surface area contributed by atoms with Gasteiger partial charge in [0.05, 0.1) is 64.4 Å². The molecule has 0 unspecified atom stereocenters. The Bertz CT molecular complexity index is 2850. The molecule has 6 rings (SSSR count). The Kier molecular flexibility index (Phi) is 20.2. The van der Waals surface area contributed by atoms with Crippen LogP contribution < -0.4 is 0 Å². The van der Waals surface area contributed by atoms with E-state index in [1.54, 1.807) is 88.4 Å². The van der Waals surface area contributed by atoms with Gasteiger partial charge in [-0.2, -0.15) is 15.6 Å². The zero-order valence-electron chi connectivity index (χ0n) is 37.1. The number of esters is 1. The first-order chi connectivity index (χ1) is 32.2. The molecule has 0 spiro atoms. The third-order valence-electron chi connectivity index (χ3n) is 10.1. The standard InChI is InChI=1S/C24H21ClN4O3.C21H17ClN4O2.C3H5ClN2O/c1-5-21(30)31-15(3)19(12-18-10-11-20(27-4)22(25)14(18)2)24-29-28-23(32-24)17-8-6-16(13-26)7-9-17;1-12-16(8-9-18(24-3)19(12)22)10-17(13(2)27)21-26-25-20(28-21)15-6-4-14(11-23)5-7-15;1-2-5-6-3-7-4/h6-11,15,19H,5,12H2,1-3H3;4-9,13,17,27H,10H2,1-2H3;2-3H,1H3/b;;5-2+,6-3+/t15-,19+;13-,17+;/m00./s1. The van der Waals surface area contributed by atoms with E-state index >= 15 is 0 Å². The van der Waals surface area contributed by atoms with Crippen molar-refractivity contribution in [1.29, 1.82) is 10.5 Å². The van der Waals surface area contributed by atoms with Crippen molar-refractivity contribution in [3.05, 3.63) is 151 Å². The molecule has 0 amide bonds. The molecule has 0 fully saturated rings. The van der Waals surface area contributed by atoms with E-state index in [4.69, 9.17) is 72.3 Å². The minimum atomic E-state index is -0.729. The van der Waals surface area contributed by atoms with E-state index in [1.807, 2.05) is 26.0 Å². The van der Waals surface area contributed by atoms with Crippen LogP contribution in [-0.4, -0.2) is 56.3 Å². The first kappa shape index (κ1) is 52.2. The number of aliphatic hydroxyl groups excluding tert-OH is 1. The molecule has 6 aromatic rings. The van der Waals surface area contributed by atoms with Crippen LogP contribution in [0.4, 0.5) is 11.4 Å². The number of ether oxygens (including phenoxy) is 1. The Morgan fingerprint density at radius 2 is 1.22 bits per heavy atom. The zero-order chi connectivity index (χ0) is 49.0. The first-order valence-electron chi connectivity index (χ1n) is 20.4. The van der Waals surface area contributed by atoms with Gasteiger partial charge in [-0.3, -0.25) is 4.79 Å². The van der Waals surface area contributed by atoms with Gasteiger partial charge in [0, 0.05) is 23.8 Å². The van der Waals surface area contributed by atoms with Crippen molar-refractivity contribution in [3.8, 4) is 35.0 Å². The smallest absolute Gasteiger partial charge is 0.305 e. The molecule has 0 aliphatic heterocycles. The Hall–Kier alpha value is -7.44. The number of nitriles is 2. The molecule has 16 nitrogen and oxygen atoms in total. The van der Waals surface area contributed by atoms with E-state index in [1.165, 1.54) is 6.21 Å². The Morgan fingerprint density at radius 3 is 1.61 bits per heavy atom. The zero-order valence-corrected chi connectivity index (χ0v) is 39.4. The maximum atomic E-state index is 11.9. The van der Waals surface area contributed by atoms with Gasteiger partial charge in [-0.1, -0.05) is 54.4 Å². The second-order valence-electron chi connectivity index (χ2n) is 14.5. The first-order valence-corrected chi connectivity index (χ1v) is 21.4. The van der Waals surface area contributed by atoms with Gasteiger partial charge in [-0.05, 0) is 118 Å². The van der Waals surface area contributed by atoms with E-state index in [2.05, 4.69) is 56.7 Å². The van der Waals surface area contributed by atoms with Crippen LogP contribution in [0.15, 0.2) is 91.8 Å². The number of halogens is 3. The highest BCUT2D eigenvalue weighted by Crippen LogP contribution is 2.36. The van der Waals surface area contributed by atoms with Gasteiger partial charge in [-0.25, -0.2) is 9.69 Å². The Morgan fingerprint density at radius 1 is 0.776 bits per heavy atom. The fourth-order valence-electron chi connectivity index (χ4n) is 6.29. The monoisotopic (exact) mass is 960 g/mol. The lowest BCUT2D eigenvalue weighted by molar-refractivity contribution is -0.149. The minimum Gasteiger partial charge on any atom is -0.462 e. The summed E-state index contributed by atoms with van der Waals surface area (Å²) in [6, 6.07) is 24.8. The predicted octanol–water partition coefficient (Wildman–Crippen LogP) is 11.8. The summed E-state index contributed by atoms with van der Waals surface area (Å²) in [5, 5.41) is 52.2. The number of carbonyl (C=O) groups is 1. The SMILES string of the molecule is C/C=N/N=C/OCl.[C-]#[N+]c1ccc(C[C@@H](c2nnc(-c3ccc(C#N)cc3)o2)[C@H](C)O)c(C)c1Cl.[C-]#[N+]c1ccc(C[C@@H](c2nnc(-c3ccc(C#N)cc3)o2)[C@H](C)OC(=O)CC)c(C)c1Cl. The van der Waals surface area contributed by atoms with Crippen LogP contribution in [-0.2, 0) is 26.7 Å². The topological polar surface area (TPSA) is 215 Å². The molecule has 0 aliphatic rings. The molecule has 0 aliphatic carbocycles. The molecule has 19 heteroatoms. The number of aromatic nitrogens is 4. The predicted molar refractivity (Wildman–Crippen MR) is 254 cm³/mol. The lowest BCUT2D eigenvalue weighted by atomic mass is 9.92. The molecule has 67 heavy (non-hydrogen) atoms. The lowest BCUT2D eigenvalue weighted by Crippen LogP contribution is -2.24. The number of hydrogen-bond donors (Lipinski definition) is 1. The molecular formula is C48H43Cl3N10O6. The van der Waals surface area contributed by atoms with Gasteiger partial charge in [0.25, 0.3) is 0 Å². The second kappa shape index (κ2) is 25.9. The van der Waals surface area contributed by atoms with Gasteiger partial charge in [0.1, 0.15) is 18.0 Å². The molecule has 4 atom stereocenters. The molecule has 0 bridgehead atoms. The summed E-state index contributed by atoms with van der Waals surface area (Å²) in [6.07, 6.45) is 2.41. The Balaban J connectivity index is 0.000000258. The van der Waals surface area contributed by atoms with E-state index in [-0.39, 0.29) is 12.4 Å². The van der Waals surface area contributed by atoms with Crippen LogP contribution in [0.3, 0.4) is 0 Å². The molecule has 0 radical (unpaired) electrons. The highest BCUT2D eigenvalue weighted by molar-refractivity contribution is 6.34.